The summed E-state index contributed by atoms with van der Waals surface area (Å²) >= 11 is 0. The summed E-state index contributed by atoms with van der Waals surface area (Å²) in [5, 5.41) is 10.4. The molecule has 1 N–H and O–H groups in total. The fourth-order valence-electron chi connectivity index (χ4n) is 4.20. The van der Waals surface area contributed by atoms with E-state index in [-0.39, 0.29) is 6.54 Å². The van der Waals surface area contributed by atoms with E-state index in [4.69, 9.17) is 4.74 Å². The first kappa shape index (κ1) is 28.3. The molecule has 2 aromatic rings. The second kappa shape index (κ2) is 11.9. The molecule has 37 heavy (non-hydrogen) atoms. The van der Waals surface area contributed by atoms with E-state index in [0.29, 0.717) is 24.2 Å². The summed E-state index contributed by atoms with van der Waals surface area (Å²) in [6, 6.07) is 9.49. The van der Waals surface area contributed by atoms with Gasteiger partial charge in [-0.05, 0) is 55.0 Å². The van der Waals surface area contributed by atoms with Gasteiger partial charge in [0.2, 0.25) is 5.95 Å². The molecule has 1 amide bonds. The number of hydrogen-bond donors (Lipinski definition) is 1. The predicted molar refractivity (Wildman–Crippen MR) is 133 cm³/mol. The number of aromatic nitrogens is 2. The van der Waals surface area contributed by atoms with Crippen LogP contribution in [0.1, 0.15) is 66.8 Å². The summed E-state index contributed by atoms with van der Waals surface area (Å²) in [5.74, 6) is -0.507. The van der Waals surface area contributed by atoms with Gasteiger partial charge in [-0.25, -0.2) is 9.97 Å². The van der Waals surface area contributed by atoms with Crippen LogP contribution in [-0.2, 0) is 10.9 Å². The quantitative estimate of drug-likeness (QED) is 0.518. The third kappa shape index (κ3) is 8.13. The summed E-state index contributed by atoms with van der Waals surface area (Å²) in [6.07, 6.45) is -2.73. The van der Waals surface area contributed by atoms with Gasteiger partial charge in [-0.2, -0.15) is 18.4 Å². The molecule has 0 unspecified atom stereocenters. The van der Waals surface area contributed by atoms with Gasteiger partial charge >= 0.3 is 6.18 Å². The molecule has 0 radical (unpaired) electrons. The first-order valence-electron chi connectivity index (χ1n) is 12.2. The molecule has 1 aromatic heterocycles. The van der Waals surface area contributed by atoms with Crippen molar-refractivity contribution in [3.05, 3.63) is 52.8 Å². The van der Waals surface area contributed by atoms with E-state index in [1.165, 1.54) is 5.01 Å². The highest BCUT2D eigenvalue weighted by Gasteiger charge is 2.35. The van der Waals surface area contributed by atoms with E-state index in [9.17, 15) is 23.2 Å². The van der Waals surface area contributed by atoms with Crippen LogP contribution in [0.3, 0.4) is 0 Å². The van der Waals surface area contributed by atoms with Crippen molar-refractivity contribution in [2.24, 2.45) is 5.41 Å². The van der Waals surface area contributed by atoms with E-state index < -0.39 is 34.8 Å². The Morgan fingerprint density at radius 3 is 2.38 bits per heavy atom. The number of anilines is 1. The number of piperidine rings is 1. The molecule has 11 heteroatoms. The van der Waals surface area contributed by atoms with Gasteiger partial charge in [0.05, 0.1) is 6.61 Å². The number of methoxy groups -OCH3 is 1. The number of alkyl halides is 3. The zero-order valence-corrected chi connectivity index (χ0v) is 21.6. The SMILES string of the molecule is COCCN1CCC(c2ccc(C(=O)NN(CC(C)(C)C)c3nc(C#N)cc(C(F)(F)F)n3)cc2)CC1. The van der Waals surface area contributed by atoms with Crippen LogP contribution in [0.5, 0.6) is 0 Å². The topological polar surface area (TPSA) is 94.4 Å². The van der Waals surface area contributed by atoms with Crippen molar-refractivity contribution in [3.63, 3.8) is 0 Å². The molecule has 1 fully saturated rings. The van der Waals surface area contributed by atoms with Crippen LogP contribution in [0.25, 0.3) is 0 Å². The number of ether oxygens (including phenoxy) is 1. The maximum absolute atomic E-state index is 13.4. The molecule has 0 bridgehead atoms. The number of nitriles is 1. The van der Waals surface area contributed by atoms with Crippen LogP contribution < -0.4 is 10.4 Å². The van der Waals surface area contributed by atoms with Crippen molar-refractivity contribution in [1.82, 2.24) is 20.3 Å². The number of carbonyl (C=O) groups is 1. The standard InChI is InChI=1S/C26H33F3N6O2/c1-25(2,3)17-35(24-31-21(16-30)15-22(32-24)26(27,28)29)33-23(36)20-7-5-18(6-8-20)19-9-11-34(12-10-19)13-14-37-4/h5-8,15,19H,9-14,17H2,1-4H3,(H,33,36). The molecule has 0 atom stereocenters. The van der Waals surface area contributed by atoms with Crippen molar-refractivity contribution in [1.29, 1.82) is 5.26 Å². The Labute approximate surface area is 215 Å². The van der Waals surface area contributed by atoms with Crippen molar-refractivity contribution in [2.75, 3.05) is 44.9 Å². The zero-order chi connectivity index (χ0) is 27.2. The number of rotatable bonds is 8. The van der Waals surface area contributed by atoms with Gasteiger partial charge < -0.3 is 9.64 Å². The van der Waals surface area contributed by atoms with Gasteiger partial charge in [0, 0.05) is 31.8 Å². The number of carbonyl (C=O) groups excluding carboxylic acids is 1. The van der Waals surface area contributed by atoms with Crippen LogP contribution in [-0.4, -0.2) is 60.7 Å². The van der Waals surface area contributed by atoms with Gasteiger partial charge in [0.1, 0.15) is 11.8 Å². The molecule has 1 aliphatic rings. The third-order valence-corrected chi connectivity index (χ3v) is 6.07. The van der Waals surface area contributed by atoms with Crippen LogP contribution in [0.4, 0.5) is 19.1 Å². The van der Waals surface area contributed by atoms with E-state index in [0.717, 1.165) is 38.0 Å². The summed E-state index contributed by atoms with van der Waals surface area (Å²) in [7, 11) is 1.70. The van der Waals surface area contributed by atoms with Crippen molar-refractivity contribution < 1.29 is 22.7 Å². The highest BCUT2D eigenvalue weighted by Crippen LogP contribution is 2.30. The fourth-order valence-corrected chi connectivity index (χ4v) is 4.20. The molecule has 200 valence electrons. The van der Waals surface area contributed by atoms with E-state index in [2.05, 4.69) is 20.3 Å². The largest absolute Gasteiger partial charge is 0.433 e. The maximum atomic E-state index is 13.4. The van der Waals surface area contributed by atoms with Crippen LogP contribution in [0, 0.1) is 16.7 Å². The molecule has 3 rings (SSSR count). The van der Waals surface area contributed by atoms with Gasteiger partial charge in [0.15, 0.2) is 5.69 Å². The van der Waals surface area contributed by atoms with Crippen LogP contribution in [0.15, 0.2) is 30.3 Å². The van der Waals surface area contributed by atoms with Crippen molar-refractivity contribution in [3.8, 4) is 6.07 Å². The highest BCUT2D eigenvalue weighted by molar-refractivity contribution is 5.95. The number of nitrogens with zero attached hydrogens (tertiary/aromatic N) is 5. The first-order chi connectivity index (χ1) is 17.4. The maximum Gasteiger partial charge on any atom is 0.433 e. The Morgan fingerprint density at radius 2 is 1.84 bits per heavy atom. The number of hydrogen-bond acceptors (Lipinski definition) is 7. The molecule has 0 saturated carbocycles. The van der Waals surface area contributed by atoms with Crippen molar-refractivity contribution >= 4 is 11.9 Å². The summed E-state index contributed by atoms with van der Waals surface area (Å²) in [6.45, 7) is 9.30. The first-order valence-corrected chi connectivity index (χ1v) is 12.2. The molecular formula is C26H33F3N6O2. The predicted octanol–water partition coefficient (Wildman–Crippen LogP) is 4.39. The van der Waals surface area contributed by atoms with E-state index >= 15 is 0 Å². The van der Waals surface area contributed by atoms with Gasteiger partial charge in [0.25, 0.3) is 5.91 Å². The number of halogens is 3. The fraction of sp³-hybridized carbons (Fsp3) is 0.538. The smallest absolute Gasteiger partial charge is 0.383 e. The molecule has 1 saturated heterocycles. The minimum atomic E-state index is -4.77. The minimum Gasteiger partial charge on any atom is -0.383 e. The lowest BCUT2D eigenvalue weighted by molar-refractivity contribution is -0.141. The molecule has 8 nitrogen and oxygen atoms in total. The summed E-state index contributed by atoms with van der Waals surface area (Å²) < 4.78 is 45.3. The second-order valence-corrected chi connectivity index (χ2v) is 10.4. The normalized spacial score (nSPS) is 15.3. The van der Waals surface area contributed by atoms with E-state index in [1.54, 1.807) is 25.3 Å². The number of benzene rings is 1. The number of likely N-dealkylation sites (tertiary alicyclic amines) is 1. The molecule has 1 aliphatic heterocycles. The molecule has 0 aliphatic carbocycles. The average Bonchev–Trinajstić information content (AvgIpc) is 2.86. The van der Waals surface area contributed by atoms with Gasteiger partial charge in [-0.3, -0.25) is 15.2 Å². The zero-order valence-electron chi connectivity index (χ0n) is 21.6. The lowest BCUT2D eigenvalue weighted by Crippen LogP contribution is -2.47. The van der Waals surface area contributed by atoms with Crippen molar-refractivity contribution in [2.45, 2.75) is 45.7 Å². The molecule has 0 spiro atoms. The molecular weight excluding hydrogens is 485 g/mol. The van der Waals surface area contributed by atoms with Gasteiger partial charge in [-0.1, -0.05) is 32.9 Å². The lowest BCUT2D eigenvalue weighted by Gasteiger charge is -2.32. The highest BCUT2D eigenvalue weighted by atomic mass is 19.4. The summed E-state index contributed by atoms with van der Waals surface area (Å²) in [5.41, 5.74) is 2.01. The van der Waals surface area contributed by atoms with E-state index in [1.807, 2.05) is 32.9 Å². The average molecular weight is 519 g/mol. The number of nitrogens with one attached hydrogen (secondary N) is 1. The van der Waals surface area contributed by atoms with Crippen LogP contribution >= 0.6 is 0 Å². The minimum absolute atomic E-state index is 0.116. The van der Waals surface area contributed by atoms with Gasteiger partial charge in [-0.15, -0.1) is 0 Å². The Hall–Kier alpha value is -3.23. The molecule has 2 heterocycles. The van der Waals surface area contributed by atoms with Crippen LogP contribution in [0.2, 0.25) is 0 Å². The number of hydrazine groups is 1. The number of amides is 1. The third-order valence-electron chi connectivity index (χ3n) is 6.07. The summed E-state index contributed by atoms with van der Waals surface area (Å²) in [4.78, 5) is 23.0. The molecule has 1 aromatic carbocycles. The Balaban J connectivity index is 1.76. The Morgan fingerprint density at radius 1 is 1.19 bits per heavy atom. The lowest BCUT2D eigenvalue weighted by atomic mass is 9.89. The monoisotopic (exact) mass is 518 g/mol. The Bertz CT molecular complexity index is 1100. The second-order valence-electron chi connectivity index (χ2n) is 10.4. The Kier molecular flexibility index (Phi) is 9.10.